The zero-order valence-corrected chi connectivity index (χ0v) is 12.4. The quantitative estimate of drug-likeness (QED) is 0.865. The molecule has 0 unspecified atom stereocenters. The van der Waals surface area contributed by atoms with Gasteiger partial charge in [-0.05, 0) is 33.1 Å². The first-order chi connectivity index (χ1) is 9.60. The van der Waals surface area contributed by atoms with E-state index in [4.69, 9.17) is 9.26 Å². The van der Waals surface area contributed by atoms with Crippen molar-refractivity contribution >= 4 is 5.91 Å². The molecule has 6 nitrogen and oxygen atoms in total. The second-order valence-electron chi connectivity index (χ2n) is 5.35. The molecule has 0 aliphatic heterocycles. The number of ether oxygens (including phenoxy) is 1. The molecular weight excluding hydrogens is 258 g/mol. The maximum Gasteiger partial charge on any atom is 0.249 e. The van der Waals surface area contributed by atoms with Crippen molar-refractivity contribution in [2.24, 2.45) is 0 Å². The normalized spacial score (nSPS) is 18.9. The van der Waals surface area contributed by atoms with Crippen LogP contribution in [-0.4, -0.2) is 28.3 Å². The molecule has 1 amide bonds. The third-order valence-electron chi connectivity index (χ3n) is 3.59. The van der Waals surface area contributed by atoms with Crippen LogP contribution in [0.25, 0.3) is 0 Å². The maximum absolute atomic E-state index is 12.2. The number of nitrogens with one attached hydrogen (secondary N) is 1. The molecule has 112 valence electrons. The summed E-state index contributed by atoms with van der Waals surface area (Å²) in [4.78, 5) is 16.3. The molecule has 1 aromatic rings. The SMILES string of the molecule is CC[C@@H](OC1CCCC1)C(=O)N[C@@H](C)c1nc(C)no1. The van der Waals surface area contributed by atoms with Crippen LogP contribution >= 0.6 is 0 Å². The third kappa shape index (κ3) is 3.79. The molecule has 1 aliphatic rings. The number of aryl methyl sites for hydroxylation is 1. The van der Waals surface area contributed by atoms with Crippen molar-refractivity contribution in [3.8, 4) is 0 Å². The highest BCUT2D eigenvalue weighted by atomic mass is 16.5. The lowest BCUT2D eigenvalue weighted by Crippen LogP contribution is -2.39. The van der Waals surface area contributed by atoms with Gasteiger partial charge in [0.1, 0.15) is 12.1 Å². The molecule has 6 heteroatoms. The maximum atomic E-state index is 12.2. The number of rotatable bonds is 6. The first-order valence-corrected chi connectivity index (χ1v) is 7.36. The lowest BCUT2D eigenvalue weighted by Gasteiger charge is -2.21. The Morgan fingerprint density at radius 3 is 2.75 bits per heavy atom. The molecule has 1 heterocycles. The molecule has 2 atom stereocenters. The van der Waals surface area contributed by atoms with Crippen LogP contribution in [0, 0.1) is 6.92 Å². The van der Waals surface area contributed by atoms with Crippen molar-refractivity contribution in [2.75, 3.05) is 0 Å². The average Bonchev–Trinajstić information content (AvgIpc) is 3.06. The molecule has 0 saturated heterocycles. The van der Waals surface area contributed by atoms with Crippen LogP contribution in [0.1, 0.15) is 63.7 Å². The fourth-order valence-electron chi connectivity index (χ4n) is 2.46. The van der Waals surface area contributed by atoms with Crippen molar-refractivity contribution < 1.29 is 14.1 Å². The van der Waals surface area contributed by atoms with E-state index in [2.05, 4.69) is 15.5 Å². The average molecular weight is 281 g/mol. The topological polar surface area (TPSA) is 77.2 Å². The second-order valence-corrected chi connectivity index (χ2v) is 5.35. The highest BCUT2D eigenvalue weighted by Gasteiger charge is 2.26. The van der Waals surface area contributed by atoms with E-state index in [0.717, 1.165) is 12.8 Å². The van der Waals surface area contributed by atoms with Crippen LogP contribution in [-0.2, 0) is 9.53 Å². The van der Waals surface area contributed by atoms with E-state index in [1.165, 1.54) is 12.8 Å². The van der Waals surface area contributed by atoms with Gasteiger partial charge in [-0.1, -0.05) is 24.9 Å². The van der Waals surface area contributed by atoms with Gasteiger partial charge in [-0.3, -0.25) is 4.79 Å². The van der Waals surface area contributed by atoms with Gasteiger partial charge in [0, 0.05) is 0 Å². The fraction of sp³-hybridized carbons (Fsp3) is 0.786. The Kier molecular flexibility index (Phi) is 5.11. The van der Waals surface area contributed by atoms with Crippen molar-refractivity contribution in [2.45, 2.75) is 71.1 Å². The monoisotopic (exact) mass is 281 g/mol. The molecule has 1 fully saturated rings. The number of hydrogen-bond acceptors (Lipinski definition) is 5. The molecule has 0 bridgehead atoms. The first kappa shape index (κ1) is 15.0. The third-order valence-corrected chi connectivity index (χ3v) is 3.59. The van der Waals surface area contributed by atoms with Crippen LogP contribution in [0.2, 0.25) is 0 Å². The first-order valence-electron chi connectivity index (χ1n) is 7.36. The summed E-state index contributed by atoms with van der Waals surface area (Å²) in [6.45, 7) is 5.54. The zero-order valence-electron chi connectivity index (χ0n) is 12.4. The van der Waals surface area contributed by atoms with Gasteiger partial charge in [0.2, 0.25) is 11.8 Å². The number of hydrogen-bond donors (Lipinski definition) is 1. The van der Waals surface area contributed by atoms with Crippen molar-refractivity contribution in [1.82, 2.24) is 15.5 Å². The molecule has 0 radical (unpaired) electrons. The van der Waals surface area contributed by atoms with Gasteiger partial charge in [-0.15, -0.1) is 0 Å². The smallest absolute Gasteiger partial charge is 0.249 e. The summed E-state index contributed by atoms with van der Waals surface area (Å²) in [6.07, 6.45) is 5.00. The van der Waals surface area contributed by atoms with Crippen LogP contribution < -0.4 is 5.32 Å². The van der Waals surface area contributed by atoms with Crippen molar-refractivity contribution in [1.29, 1.82) is 0 Å². The minimum atomic E-state index is -0.399. The number of nitrogens with zero attached hydrogens (tertiary/aromatic N) is 2. The van der Waals surface area contributed by atoms with E-state index in [-0.39, 0.29) is 18.1 Å². The molecule has 20 heavy (non-hydrogen) atoms. The Bertz CT molecular complexity index is 441. The van der Waals surface area contributed by atoms with Crippen molar-refractivity contribution in [3.63, 3.8) is 0 Å². The number of carbonyl (C=O) groups excluding carboxylic acids is 1. The predicted octanol–water partition coefficient (Wildman–Crippen LogP) is 2.29. The highest BCUT2D eigenvalue weighted by Crippen LogP contribution is 2.23. The van der Waals surface area contributed by atoms with Gasteiger partial charge < -0.3 is 14.6 Å². The number of aromatic nitrogens is 2. The summed E-state index contributed by atoms with van der Waals surface area (Å²) in [7, 11) is 0. The van der Waals surface area contributed by atoms with Crippen molar-refractivity contribution in [3.05, 3.63) is 11.7 Å². The minimum absolute atomic E-state index is 0.109. The molecule has 0 aromatic carbocycles. The van der Waals surface area contributed by atoms with E-state index in [1.54, 1.807) is 6.92 Å². The molecule has 1 saturated carbocycles. The van der Waals surface area contributed by atoms with Gasteiger partial charge in [0.25, 0.3) is 0 Å². The van der Waals surface area contributed by atoms with E-state index >= 15 is 0 Å². The van der Waals surface area contributed by atoms with Crippen LogP contribution in [0.5, 0.6) is 0 Å². The highest BCUT2D eigenvalue weighted by molar-refractivity contribution is 5.81. The zero-order chi connectivity index (χ0) is 14.5. The lowest BCUT2D eigenvalue weighted by molar-refractivity contribution is -0.137. The van der Waals surface area contributed by atoms with Crippen LogP contribution in [0.15, 0.2) is 4.52 Å². The lowest BCUT2D eigenvalue weighted by atomic mass is 10.2. The standard InChI is InChI=1S/C14H23N3O3/c1-4-12(19-11-7-5-6-8-11)13(18)15-9(2)14-16-10(3)17-20-14/h9,11-12H,4-8H2,1-3H3,(H,15,18)/t9-,12+/m0/s1. The minimum Gasteiger partial charge on any atom is -0.365 e. The summed E-state index contributed by atoms with van der Waals surface area (Å²) >= 11 is 0. The largest absolute Gasteiger partial charge is 0.365 e. The number of amides is 1. The molecule has 0 spiro atoms. The molecule has 2 rings (SSSR count). The summed E-state index contributed by atoms with van der Waals surface area (Å²) in [5, 5.41) is 6.60. The van der Waals surface area contributed by atoms with Gasteiger partial charge >= 0.3 is 0 Å². The Morgan fingerprint density at radius 2 is 2.20 bits per heavy atom. The fourth-order valence-corrected chi connectivity index (χ4v) is 2.46. The van der Waals surface area contributed by atoms with Crippen LogP contribution in [0.4, 0.5) is 0 Å². The predicted molar refractivity (Wildman–Crippen MR) is 73.0 cm³/mol. The summed E-state index contributed by atoms with van der Waals surface area (Å²) in [5.74, 6) is 0.879. The van der Waals surface area contributed by atoms with Gasteiger partial charge in [-0.25, -0.2) is 0 Å². The molecular formula is C14H23N3O3. The Labute approximate surface area is 119 Å². The molecule has 1 aromatic heterocycles. The Morgan fingerprint density at radius 1 is 1.50 bits per heavy atom. The summed E-state index contributed by atoms with van der Waals surface area (Å²) in [6, 6.07) is -0.301. The number of carbonyl (C=O) groups is 1. The Hall–Kier alpha value is -1.43. The molecule has 1 N–H and O–H groups in total. The van der Waals surface area contributed by atoms with Gasteiger partial charge in [-0.2, -0.15) is 4.98 Å². The second kappa shape index (κ2) is 6.83. The Balaban J connectivity index is 1.87. The van der Waals surface area contributed by atoms with Crippen LogP contribution in [0.3, 0.4) is 0 Å². The van der Waals surface area contributed by atoms with E-state index in [1.807, 2.05) is 13.8 Å². The molecule has 1 aliphatic carbocycles. The summed E-state index contributed by atoms with van der Waals surface area (Å²) < 4.78 is 10.9. The summed E-state index contributed by atoms with van der Waals surface area (Å²) in [5.41, 5.74) is 0. The van der Waals surface area contributed by atoms with E-state index < -0.39 is 6.10 Å². The van der Waals surface area contributed by atoms with Gasteiger partial charge in [0.15, 0.2) is 5.82 Å². The van der Waals surface area contributed by atoms with Gasteiger partial charge in [0.05, 0.1) is 6.10 Å². The van der Waals surface area contributed by atoms with E-state index in [9.17, 15) is 4.79 Å². The van der Waals surface area contributed by atoms with E-state index in [0.29, 0.717) is 18.1 Å².